The minimum Gasteiger partial charge on any atom is -0.348 e. The Labute approximate surface area is 117 Å². The lowest BCUT2D eigenvalue weighted by molar-refractivity contribution is 0.0951. The van der Waals surface area contributed by atoms with Crippen LogP contribution in [-0.4, -0.2) is 15.3 Å². The van der Waals surface area contributed by atoms with Crippen molar-refractivity contribution in [3.05, 3.63) is 71.8 Å². The van der Waals surface area contributed by atoms with Crippen LogP contribution >= 0.6 is 0 Å². The smallest absolute Gasteiger partial charge is 0.251 e. The Kier molecular flexibility index (Phi) is 3.21. The number of pyridine rings is 1. The number of hydrogen-bond donors (Lipinski definition) is 1. The van der Waals surface area contributed by atoms with Crippen LogP contribution in [0.3, 0.4) is 0 Å². The van der Waals surface area contributed by atoms with Gasteiger partial charge in [-0.1, -0.05) is 29.8 Å². The Bertz CT molecular complexity index is 744. The topological polar surface area (TPSA) is 46.4 Å². The Morgan fingerprint density at radius 1 is 1.25 bits per heavy atom. The second-order valence-corrected chi connectivity index (χ2v) is 4.81. The molecular weight excluding hydrogens is 250 g/mol. The fourth-order valence-electron chi connectivity index (χ4n) is 2.05. The van der Waals surface area contributed by atoms with Gasteiger partial charge in [-0.15, -0.1) is 0 Å². The summed E-state index contributed by atoms with van der Waals surface area (Å²) in [4.78, 5) is 16.1. The van der Waals surface area contributed by atoms with Crippen LogP contribution in [0, 0.1) is 6.92 Å². The standard InChI is InChI=1S/C16H15N3O/c1-12-2-4-13(5-3-12)9-18-16(20)14-6-7-19-11-17-10-15(19)8-14/h2-8,10-11H,9H2,1H3,(H,18,20). The lowest BCUT2D eigenvalue weighted by atomic mass is 10.1. The normalized spacial score (nSPS) is 10.7. The maximum atomic E-state index is 12.1. The summed E-state index contributed by atoms with van der Waals surface area (Å²) in [5.74, 6) is -0.0747. The average Bonchev–Trinajstić information content (AvgIpc) is 2.93. The van der Waals surface area contributed by atoms with Gasteiger partial charge in [-0.3, -0.25) is 4.79 Å². The number of carbonyl (C=O) groups excluding carboxylic acids is 1. The summed E-state index contributed by atoms with van der Waals surface area (Å²) in [6.07, 6.45) is 5.28. The number of carbonyl (C=O) groups is 1. The van der Waals surface area contributed by atoms with Crippen molar-refractivity contribution >= 4 is 11.4 Å². The third kappa shape index (κ3) is 2.54. The molecule has 0 saturated carbocycles. The maximum absolute atomic E-state index is 12.1. The first kappa shape index (κ1) is 12.4. The van der Waals surface area contributed by atoms with Gasteiger partial charge in [0.1, 0.15) is 0 Å². The minimum atomic E-state index is -0.0747. The first-order chi connectivity index (χ1) is 9.72. The number of aromatic nitrogens is 2. The SMILES string of the molecule is Cc1ccc(CNC(=O)c2ccn3cncc3c2)cc1. The monoisotopic (exact) mass is 265 g/mol. The fraction of sp³-hybridized carbons (Fsp3) is 0.125. The Morgan fingerprint density at radius 3 is 2.85 bits per heavy atom. The zero-order valence-corrected chi connectivity index (χ0v) is 11.2. The molecule has 0 spiro atoms. The highest BCUT2D eigenvalue weighted by molar-refractivity contribution is 5.95. The van der Waals surface area contributed by atoms with Crippen LogP contribution in [0.25, 0.3) is 5.52 Å². The molecule has 2 heterocycles. The van der Waals surface area contributed by atoms with E-state index in [1.165, 1.54) is 5.56 Å². The van der Waals surface area contributed by atoms with Crippen LogP contribution in [0.2, 0.25) is 0 Å². The van der Waals surface area contributed by atoms with E-state index in [0.29, 0.717) is 12.1 Å². The van der Waals surface area contributed by atoms with Crippen LogP contribution in [0.1, 0.15) is 21.5 Å². The molecule has 0 fully saturated rings. The van der Waals surface area contributed by atoms with Gasteiger partial charge in [0, 0.05) is 18.3 Å². The molecule has 100 valence electrons. The molecule has 0 aliphatic heterocycles. The molecule has 4 nitrogen and oxygen atoms in total. The van der Waals surface area contributed by atoms with E-state index in [9.17, 15) is 4.79 Å². The van der Waals surface area contributed by atoms with Gasteiger partial charge >= 0.3 is 0 Å². The predicted molar refractivity (Wildman–Crippen MR) is 77.5 cm³/mol. The van der Waals surface area contributed by atoms with Crippen molar-refractivity contribution in [3.63, 3.8) is 0 Å². The quantitative estimate of drug-likeness (QED) is 0.791. The van der Waals surface area contributed by atoms with Gasteiger partial charge in [-0.25, -0.2) is 4.98 Å². The molecule has 0 radical (unpaired) electrons. The molecule has 0 atom stereocenters. The van der Waals surface area contributed by atoms with E-state index in [1.807, 2.05) is 47.9 Å². The van der Waals surface area contributed by atoms with Crippen LogP contribution in [0.15, 0.2) is 55.1 Å². The first-order valence-corrected chi connectivity index (χ1v) is 6.48. The highest BCUT2D eigenvalue weighted by Crippen LogP contribution is 2.07. The van der Waals surface area contributed by atoms with Crippen LogP contribution in [0.5, 0.6) is 0 Å². The Balaban J connectivity index is 1.70. The molecule has 1 aromatic carbocycles. The fourth-order valence-corrected chi connectivity index (χ4v) is 2.05. The molecule has 20 heavy (non-hydrogen) atoms. The number of rotatable bonds is 3. The third-order valence-electron chi connectivity index (χ3n) is 3.25. The van der Waals surface area contributed by atoms with E-state index < -0.39 is 0 Å². The molecule has 0 bridgehead atoms. The van der Waals surface area contributed by atoms with Crippen molar-refractivity contribution in [1.82, 2.24) is 14.7 Å². The van der Waals surface area contributed by atoms with E-state index in [1.54, 1.807) is 18.6 Å². The molecule has 0 unspecified atom stereocenters. The van der Waals surface area contributed by atoms with Crippen LogP contribution in [0.4, 0.5) is 0 Å². The minimum absolute atomic E-state index is 0.0747. The predicted octanol–water partition coefficient (Wildman–Crippen LogP) is 2.57. The average molecular weight is 265 g/mol. The van der Waals surface area contributed by atoms with Crippen LogP contribution < -0.4 is 5.32 Å². The van der Waals surface area contributed by atoms with Gasteiger partial charge in [0.05, 0.1) is 18.0 Å². The lowest BCUT2D eigenvalue weighted by Crippen LogP contribution is -2.22. The molecule has 0 aliphatic carbocycles. The first-order valence-electron chi connectivity index (χ1n) is 6.48. The highest BCUT2D eigenvalue weighted by atomic mass is 16.1. The summed E-state index contributed by atoms with van der Waals surface area (Å²) < 4.78 is 1.87. The van der Waals surface area contributed by atoms with E-state index in [0.717, 1.165) is 11.1 Å². The zero-order chi connectivity index (χ0) is 13.9. The molecular formula is C16H15N3O. The maximum Gasteiger partial charge on any atom is 0.251 e. The zero-order valence-electron chi connectivity index (χ0n) is 11.2. The molecule has 1 amide bonds. The van der Waals surface area contributed by atoms with Gasteiger partial charge in [0.2, 0.25) is 0 Å². The van der Waals surface area contributed by atoms with Crippen LogP contribution in [-0.2, 0) is 6.54 Å². The van der Waals surface area contributed by atoms with Crippen molar-refractivity contribution in [3.8, 4) is 0 Å². The highest BCUT2D eigenvalue weighted by Gasteiger charge is 2.06. The number of benzene rings is 1. The van der Waals surface area contributed by atoms with Crippen molar-refractivity contribution < 1.29 is 4.79 Å². The summed E-state index contributed by atoms with van der Waals surface area (Å²) >= 11 is 0. The Hall–Kier alpha value is -2.62. The number of aryl methyl sites for hydroxylation is 1. The molecule has 3 rings (SSSR count). The summed E-state index contributed by atoms with van der Waals surface area (Å²) in [7, 11) is 0. The number of imidazole rings is 1. The van der Waals surface area contributed by atoms with E-state index in [2.05, 4.69) is 10.3 Å². The van der Waals surface area contributed by atoms with Gasteiger partial charge in [0.25, 0.3) is 5.91 Å². The van der Waals surface area contributed by atoms with E-state index >= 15 is 0 Å². The summed E-state index contributed by atoms with van der Waals surface area (Å²) in [5, 5.41) is 2.92. The van der Waals surface area contributed by atoms with Gasteiger partial charge in [-0.2, -0.15) is 0 Å². The Morgan fingerprint density at radius 2 is 2.05 bits per heavy atom. The van der Waals surface area contributed by atoms with Gasteiger partial charge < -0.3 is 9.72 Å². The molecule has 2 aromatic heterocycles. The van der Waals surface area contributed by atoms with Crippen molar-refractivity contribution in [2.45, 2.75) is 13.5 Å². The molecule has 0 saturated heterocycles. The molecule has 0 aliphatic rings. The largest absolute Gasteiger partial charge is 0.348 e. The number of nitrogens with zero attached hydrogens (tertiary/aromatic N) is 2. The summed E-state index contributed by atoms with van der Waals surface area (Å²) in [6.45, 7) is 2.58. The van der Waals surface area contributed by atoms with Gasteiger partial charge in [-0.05, 0) is 24.6 Å². The number of hydrogen-bond acceptors (Lipinski definition) is 2. The number of amides is 1. The summed E-state index contributed by atoms with van der Waals surface area (Å²) in [5.41, 5.74) is 3.86. The molecule has 1 N–H and O–H groups in total. The number of fused-ring (bicyclic) bond motifs is 1. The third-order valence-corrected chi connectivity index (χ3v) is 3.25. The lowest BCUT2D eigenvalue weighted by Gasteiger charge is -2.06. The van der Waals surface area contributed by atoms with Crippen molar-refractivity contribution in [2.75, 3.05) is 0 Å². The van der Waals surface area contributed by atoms with Gasteiger partial charge in [0.15, 0.2) is 0 Å². The molecule has 4 heteroatoms. The van der Waals surface area contributed by atoms with E-state index in [4.69, 9.17) is 0 Å². The summed E-state index contributed by atoms with van der Waals surface area (Å²) in [6, 6.07) is 11.8. The van der Waals surface area contributed by atoms with E-state index in [-0.39, 0.29) is 5.91 Å². The van der Waals surface area contributed by atoms with Crippen molar-refractivity contribution in [1.29, 1.82) is 0 Å². The molecule has 3 aromatic rings. The number of nitrogens with one attached hydrogen (secondary N) is 1. The second-order valence-electron chi connectivity index (χ2n) is 4.81. The van der Waals surface area contributed by atoms with Crippen molar-refractivity contribution in [2.24, 2.45) is 0 Å². The second kappa shape index (κ2) is 5.17.